The van der Waals surface area contributed by atoms with Gasteiger partial charge in [-0.3, -0.25) is 0 Å². The molecular formula is C18H30N2. The summed E-state index contributed by atoms with van der Waals surface area (Å²) in [6.45, 7) is 11.7. The first-order chi connectivity index (χ1) is 9.65. The lowest BCUT2D eigenvalue weighted by Crippen LogP contribution is -2.30. The van der Waals surface area contributed by atoms with Gasteiger partial charge in [-0.1, -0.05) is 26.0 Å². The van der Waals surface area contributed by atoms with Crippen molar-refractivity contribution in [1.82, 2.24) is 4.90 Å². The summed E-state index contributed by atoms with van der Waals surface area (Å²) in [7, 11) is 0. The Hall–Kier alpha value is -1.02. The summed E-state index contributed by atoms with van der Waals surface area (Å²) in [5, 5.41) is 3.55. The standard InChI is InChI=1S/C18H30N2/c1-15(2)17-7-5-11-20(12-9-17)13-10-19-18-8-4-6-16(3)14-18/h4,6,8,14-15,17,19H,5,7,9-13H2,1-3H3. The van der Waals surface area contributed by atoms with Crippen molar-refractivity contribution in [2.24, 2.45) is 11.8 Å². The smallest absolute Gasteiger partial charge is 0.0343 e. The van der Waals surface area contributed by atoms with E-state index in [9.17, 15) is 0 Å². The maximum atomic E-state index is 3.55. The number of hydrogen-bond donors (Lipinski definition) is 1. The van der Waals surface area contributed by atoms with E-state index in [0.29, 0.717) is 0 Å². The molecule has 1 N–H and O–H groups in total. The van der Waals surface area contributed by atoms with Crippen molar-refractivity contribution in [2.45, 2.75) is 40.0 Å². The molecule has 20 heavy (non-hydrogen) atoms. The van der Waals surface area contributed by atoms with E-state index in [2.05, 4.69) is 55.3 Å². The van der Waals surface area contributed by atoms with Crippen LogP contribution in [-0.4, -0.2) is 31.1 Å². The van der Waals surface area contributed by atoms with Crippen LogP contribution in [0.5, 0.6) is 0 Å². The zero-order chi connectivity index (χ0) is 14.4. The van der Waals surface area contributed by atoms with Gasteiger partial charge >= 0.3 is 0 Å². The van der Waals surface area contributed by atoms with E-state index < -0.39 is 0 Å². The predicted octanol–water partition coefficient (Wildman–Crippen LogP) is 4.17. The van der Waals surface area contributed by atoms with Gasteiger partial charge in [0.15, 0.2) is 0 Å². The highest BCUT2D eigenvalue weighted by molar-refractivity contribution is 5.45. The molecule has 0 saturated carbocycles. The average Bonchev–Trinajstić information content (AvgIpc) is 2.64. The summed E-state index contributed by atoms with van der Waals surface area (Å²) in [5.41, 5.74) is 2.57. The Labute approximate surface area is 124 Å². The van der Waals surface area contributed by atoms with E-state index in [4.69, 9.17) is 0 Å². The average molecular weight is 274 g/mol. The fraction of sp³-hybridized carbons (Fsp3) is 0.667. The van der Waals surface area contributed by atoms with Gasteiger partial charge in [-0.15, -0.1) is 0 Å². The number of hydrogen-bond acceptors (Lipinski definition) is 2. The number of nitrogens with one attached hydrogen (secondary N) is 1. The Morgan fingerprint density at radius 1 is 1.25 bits per heavy atom. The summed E-state index contributed by atoms with van der Waals surface area (Å²) in [4.78, 5) is 2.63. The number of anilines is 1. The van der Waals surface area contributed by atoms with Crippen LogP contribution in [0.4, 0.5) is 5.69 Å². The van der Waals surface area contributed by atoms with Gasteiger partial charge in [0.2, 0.25) is 0 Å². The minimum absolute atomic E-state index is 0.848. The number of likely N-dealkylation sites (tertiary alicyclic amines) is 1. The van der Waals surface area contributed by atoms with Crippen LogP contribution in [0.1, 0.15) is 38.7 Å². The maximum Gasteiger partial charge on any atom is 0.0343 e. The van der Waals surface area contributed by atoms with Gasteiger partial charge in [0.25, 0.3) is 0 Å². The van der Waals surface area contributed by atoms with Crippen LogP contribution in [0.15, 0.2) is 24.3 Å². The van der Waals surface area contributed by atoms with Crippen LogP contribution >= 0.6 is 0 Å². The molecule has 1 atom stereocenters. The van der Waals surface area contributed by atoms with E-state index in [1.165, 1.54) is 50.1 Å². The summed E-state index contributed by atoms with van der Waals surface area (Å²) in [6.07, 6.45) is 4.16. The molecule has 112 valence electrons. The van der Waals surface area contributed by atoms with Crippen LogP contribution < -0.4 is 5.32 Å². The molecule has 1 heterocycles. The Balaban J connectivity index is 1.72. The van der Waals surface area contributed by atoms with Crippen molar-refractivity contribution in [3.8, 4) is 0 Å². The van der Waals surface area contributed by atoms with E-state index in [0.717, 1.165) is 18.4 Å². The minimum Gasteiger partial charge on any atom is -0.384 e. The zero-order valence-electron chi connectivity index (χ0n) is 13.4. The van der Waals surface area contributed by atoms with Crippen LogP contribution in [0, 0.1) is 18.8 Å². The molecule has 0 aromatic heterocycles. The monoisotopic (exact) mass is 274 g/mol. The third kappa shape index (κ3) is 4.82. The topological polar surface area (TPSA) is 15.3 Å². The molecule has 0 aliphatic carbocycles. The normalized spacial score (nSPS) is 20.9. The fourth-order valence-electron chi connectivity index (χ4n) is 3.19. The third-order valence-electron chi connectivity index (χ3n) is 4.58. The van der Waals surface area contributed by atoms with Crippen molar-refractivity contribution in [3.63, 3.8) is 0 Å². The Bertz CT molecular complexity index is 400. The number of aryl methyl sites for hydroxylation is 1. The minimum atomic E-state index is 0.848. The maximum absolute atomic E-state index is 3.55. The highest BCUT2D eigenvalue weighted by atomic mass is 15.1. The molecule has 1 aliphatic heterocycles. The van der Waals surface area contributed by atoms with Gasteiger partial charge < -0.3 is 10.2 Å². The van der Waals surface area contributed by atoms with Crippen LogP contribution in [0.25, 0.3) is 0 Å². The molecule has 2 rings (SSSR count). The van der Waals surface area contributed by atoms with Gasteiger partial charge in [0, 0.05) is 18.8 Å². The highest BCUT2D eigenvalue weighted by Crippen LogP contribution is 2.24. The largest absolute Gasteiger partial charge is 0.384 e. The Kier molecular flexibility index (Phi) is 5.90. The summed E-state index contributed by atoms with van der Waals surface area (Å²) in [6, 6.07) is 8.64. The summed E-state index contributed by atoms with van der Waals surface area (Å²) in [5.74, 6) is 1.78. The molecule has 1 aromatic rings. The molecule has 0 spiro atoms. The molecule has 2 heteroatoms. The molecular weight excluding hydrogens is 244 g/mol. The van der Waals surface area contributed by atoms with Crippen molar-refractivity contribution in [3.05, 3.63) is 29.8 Å². The van der Waals surface area contributed by atoms with Crippen molar-refractivity contribution < 1.29 is 0 Å². The van der Waals surface area contributed by atoms with Crippen LogP contribution in [-0.2, 0) is 0 Å². The second-order valence-electron chi connectivity index (χ2n) is 6.57. The van der Waals surface area contributed by atoms with Gasteiger partial charge in [0.05, 0.1) is 0 Å². The van der Waals surface area contributed by atoms with E-state index in [1.54, 1.807) is 0 Å². The highest BCUT2D eigenvalue weighted by Gasteiger charge is 2.18. The van der Waals surface area contributed by atoms with Gasteiger partial charge in [-0.25, -0.2) is 0 Å². The van der Waals surface area contributed by atoms with Crippen LogP contribution in [0.3, 0.4) is 0 Å². The molecule has 1 aliphatic rings. The molecule has 1 saturated heterocycles. The van der Waals surface area contributed by atoms with E-state index >= 15 is 0 Å². The quantitative estimate of drug-likeness (QED) is 0.867. The first kappa shape index (κ1) is 15.4. The lowest BCUT2D eigenvalue weighted by molar-refractivity contribution is 0.281. The first-order valence-electron chi connectivity index (χ1n) is 8.18. The molecule has 1 unspecified atom stereocenters. The lowest BCUT2D eigenvalue weighted by Gasteiger charge is -2.21. The molecule has 0 amide bonds. The third-order valence-corrected chi connectivity index (χ3v) is 4.58. The zero-order valence-corrected chi connectivity index (χ0v) is 13.4. The van der Waals surface area contributed by atoms with Crippen molar-refractivity contribution in [2.75, 3.05) is 31.5 Å². The van der Waals surface area contributed by atoms with E-state index in [1.807, 2.05) is 0 Å². The van der Waals surface area contributed by atoms with Crippen LogP contribution in [0.2, 0.25) is 0 Å². The van der Waals surface area contributed by atoms with Crippen molar-refractivity contribution >= 4 is 5.69 Å². The Morgan fingerprint density at radius 3 is 2.85 bits per heavy atom. The van der Waals surface area contributed by atoms with Gasteiger partial charge in [0.1, 0.15) is 0 Å². The van der Waals surface area contributed by atoms with Crippen molar-refractivity contribution in [1.29, 1.82) is 0 Å². The SMILES string of the molecule is Cc1cccc(NCCN2CCCC(C(C)C)CC2)c1. The summed E-state index contributed by atoms with van der Waals surface area (Å²) >= 11 is 0. The second kappa shape index (κ2) is 7.68. The van der Waals surface area contributed by atoms with E-state index in [-0.39, 0.29) is 0 Å². The fourth-order valence-corrected chi connectivity index (χ4v) is 3.19. The number of benzene rings is 1. The molecule has 1 aromatic carbocycles. The number of nitrogens with zero attached hydrogens (tertiary/aromatic N) is 1. The molecule has 0 bridgehead atoms. The second-order valence-corrected chi connectivity index (χ2v) is 6.57. The van der Waals surface area contributed by atoms with Gasteiger partial charge in [-0.2, -0.15) is 0 Å². The first-order valence-corrected chi connectivity index (χ1v) is 8.18. The summed E-state index contributed by atoms with van der Waals surface area (Å²) < 4.78 is 0. The lowest BCUT2D eigenvalue weighted by atomic mass is 9.89. The Morgan fingerprint density at radius 2 is 2.10 bits per heavy atom. The van der Waals surface area contributed by atoms with Gasteiger partial charge in [-0.05, 0) is 68.8 Å². The number of rotatable bonds is 5. The molecule has 1 fully saturated rings. The predicted molar refractivity (Wildman–Crippen MR) is 88.3 cm³/mol. The molecule has 0 radical (unpaired) electrons. The molecule has 2 nitrogen and oxygen atoms in total.